The van der Waals surface area contributed by atoms with Crippen molar-refractivity contribution in [1.82, 2.24) is 0 Å². The van der Waals surface area contributed by atoms with Crippen molar-refractivity contribution >= 4 is 11.9 Å². The van der Waals surface area contributed by atoms with Gasteiger partial charge in [0.15, 0.2) is 0 Å². The summed E-state index contributed by atoms with van der Waals surface area (Å²) < 4.78 is 5.61. The van der Waals surface area contributed by atoms with Crippen molar-refractivity contribution in [1.29, 1.82) is 0 Å². The molecule has 4 aliphatic rings. The van der Waals surface area contributed by atoms with Gasteiger partial charge in [-0.3, -0.25) is 9.59 Å². The van der Waals surface area contributed by atoms with Gasteiger partial charge in [0.1, 0.15) is 6.10 Å². The van der Waals surface area contributed by atoms with E-state index in [9.17, 15) is 9.59 Å². The van der Waals surface area contributed by atoms with Crippen molar-refractivity contribution in [2.75, 3.05) is 0 Å². The summed E-state index contributed by atoms with van der Waals surface area (Å²) in [5, 5.41) is 9.13. The Balaban J connectivity index is 1.47. The summed E-state index contributed by atoms with van der Waals surface area (Å²) >= 11 is 0. The number of fused-ring (bicyclic) bond motifs is 5. The number of ether oxygens (including phenoxy) is 1. The number of aliphatic carboxylic acids is 1. The number of carboxylic acids is 1. The lowest BCUT2D eigenvalue weighted by Crippen LogP contribution is -2.54. The van der Waals surface area contributed by atoms with E-state index >= 15 is 0 Å². The molecule has 4 fully saturated rings. The smallest absolute Gasteiger partial charge is 0.303 e. The minimum absolute atomic E-state index is 0.125. The SMILES string of the molecule is CC(=O)OC1CC[C@@]2(C)C(CCC3C4CCC(C(C)CCC(=O)O)[C@@]4(C)CCC32)C1. The number of esters is 1. The number of rotatable bonds is 5. The van der Waals surface area contributed by atoms with Gasteiger partial charge in [0, 0.05) is 13.3 Å². The molecule has 0 aromatic heterocycles. The zero-order valence-electron chi connectivity index (χ0n) is 19.5. The first-order chi connectivity index (χ1) is 14.1. The second-order valence-corrected chi connectivity index (χ2v) is 11.8. The second-order valence-electron chi connectivity index (χ2n) is 11.8. The van der Waals surface area contributed by atoms with Crippen LogP contribution in [0.15, 0.2) is 0 Å². The van der Waals surface area contributed by atoms with Crippen LogP contribution in [0.3, 0.4) is 0 Å². The van der Waals surface area contributed by atoms with Crippen LogP contribution in [0.5, 0.6) is 0 Å². The highest BCUT2D eigenvalue weighted by atomic mass is 16.5. The Morgan fingerprint density at radius 3 is 2.40 bits per heavy atom. The minimum Gasteiger partial charge on any atom is -0.481 e. The van der Waals surface area contributed by atoms with Crippen molar-refractivity contribution in [2.45, 2.75) is 104 Å². The minimum atomic E-state index is -0.652. The maximum atomic E-state index is 11.5. The highest BCUT2D eigenvalue weighted by Gasteiger charge is 2.60. The van der Waals surface area contributed by atoms with Gasteiger partial charge in [-0.1, -0.05) is 20.8 Å². The molecule has 0 aromatic rings. The fourth-order valence-electron chi connectivity index (χ4n) is 9.09. The molecule has 4 saturated carbocycles. The molecule has 0 aliphatic heterocycles. The molecule has 30 heavy (non-hydrogen) atoms. The summed E-state index contributed by atoms with van der Waals surface area (Å²) in [6.07, 6.45) is 12.5. The van der Waals surface area contributed by atoms with Crippen molar-refractivity contribution in [2.24, 2.45) is 46.3 Å². The van der Waals surface area contributed by atoms with Crippen molar-refractivity contribution < 1.29 is 19.4 Å². The van der Waals surface area contributed by atoms with Gasteiger partial charge in [0.2, 0.25) is 0 Å². The molecule has 0 amide bonds. The summed E-state index contributed by atoms with van der Waals surface area (Å²) in [6, 6.07) is 0. The molecule has 0 heterocycles. The van der Waals surface area contributed by atoms with E-state index in [0.29, 0.717) is 35.0 Å². The highest BCUT2D eigenvalue weighted by molar-refractivity contribution is 5.66. The fraction of sp³-hybridized carbons (Fsp3) is 0.923. The molecule has 0 radical (unpaired) electrons. The topological polar surface area (TPSA) is 63.6 Å². The number of carbonyl (C=O) groups excluding carboxylic acids is 1. The Morgan fingerprint density at radius 2 is 1.70 bits per heavy atom. The van der Waals surface area contributed by atoms with E-state index in [1.54, 1.807) is 6.92 Å². The van der Waals surface area contributed by atoms with Gasteiger partial charge in [0.05, 0.1) is 0 Å². The van der Waals surface area contributed by atoms with E-state index in [2.05, 4.69) is 20.8 Å². The van der Waals surface area contributed by atoms with Crippen LogP contribution in [0.4, 0.5) is 0 Å². The lowest BCUT2D eigenvalue weighted by Gasteiger charge is -2.61. The molecule has 1 N–H and O–H groups in total. The Labute approximate surface area is 182 Å². The normalized spacial score (nSPS) is 46.3. The second kappa shape index (κ2) is 8.13. The molecule has 170 valence electrons. The summed E-state index contributed by atoms with van der Waals surface area (Å²) in [6.45, 7) is 8.96. The third-order valence-corrected chi connectivity index (χ3v) is 10.5. The highest BCUT2D eigenvalue weighted by Crippen LogP contribution is 2.68. The van der Waals surface area contributed by atoms with E-state index in [1.807, 2.05) is 0 Å². The molecule has 0 aromatic carbocycles. The molecule has 4 nitrogen and oxygen atoms in total. The van der Waals surface area contributed by atoms with Crippen molar-refractivity contribution in [3.05, 3.63) is 0 Å². The van der Waals surface area contributed by atoms with Crippen LogP contribution in [-0.4, -0.2) is 23.1 Å². The van der Waals surface area contributed by atoms with Gasteiger partial charge in [-0.2, -0.15) is 0 Å². The maximum Gasteiger partial charge on any atom is 0.303 e. The first kappa shape index (κ1) is 22.1. The predicted molar refractivity (Wildman–Crippen MR) is 117 cm³/mol. The molecule has 0 spiro atoms. The van der Waals surface area contributed by atoms with Gasteiger partial charge >= 0.3 is 11.9 Å². The maximum absolute atomic E-state index is 11.5. The van der Waals surface area contributed by atoms with Crippen molar-refractivity contribution in [3.63, 3.8) is 0 Å². The molecule has 7 unspecified atom stereocenters. The molecule has 9 atom stereocenters. The molecular formula is C26H42O4. The number of carbonyl (C=O) groups is 2. The van der Waals surface area contributed by atoms with Crippen LogP contribution >= 0.6 is 0 Å². The Bertz CT molecular complexity index is 674. The molecule has 4 rings (SSSR count). The largest absolute Gasteiger partial charge is 0.481 e. The molecule has 4 heteroatoms. The van der Waals surface area contributed by atoms with Crippen LogP contribution < -0.4 is 0 Å². The zero-order valence-corrected chi connectivity index (χ0v) is 19.5. The molecule has 0 bridgehead atoms. The third kappa shape index (κ3) is 3.71. The average molecular weight is 419 g/mol. The standard InChI is InChI=1S/C26H42O4/c1-16(5-10-24(28)29)21-8-9-22-20-7-6-18-15-19(30-17(2)27)11-13-25(18,3)23(20)12-14-26(21,22)4/h16,18-23H,5-15H2,1-4H3,(H,28,29)/t16?,18?,19?,20?,21?,22?,23?,25-,26+/m0/s1. The lowest BCUT2D eigenvalue weighted by molar-refractivity contribution is -0.160. The number of hydrogen-bond donors (Lipinski definition) is 1. The molecular weight excluding hydrogens is 376 g/mol. The van der Waals surface area contributed by atoms with Crippen LogP contribution in [0.25, 0.3) is 0 Å². The van der Waals surface area contributed by atoms with Gasteiger partial charge < -0.3 is 9.84 Å². The third-order valence-electron chi connectivity index (χ3n) is 10.5. The Morgan fingerprint density at radius 1 is 1.00 bits per heavy atom. The number of hydrogen-bond acceptors (Lipinski definition) is 3. The van der Waals surface area contributed by atoms with Crippen LogP contribution in [0.2, 0.25) is 0 Å². The summed E-state index contributed by atoms with van der Waals surface area (Å²) in [5.74, 6) is 3.60. The Hall–Kier alpha value is -1.06. The fourth-order valence-corrected chi connectivity index (χ4v) is 9.09. The first-order valence-corrected chi connectivity index (χ1v) is 12.5. The predicted octanol–water partition coefficient (Wildman–Crippen LogP) is 6.08. The van der Waals surface area contributed by atoms with Crippen LogP contribution in [0, 0.1) is 46.3 Å². The van der Waals surface area contributed by atoms with Gasteiger partial charge in [0.25, 0.3) is 0 Å². The van der Waals surface area contributed by atoms with Gasteiger partial charge in [-0.05, 0) is 111 Å². The molecule has 4 aliphatic carbocycles. The van der Waals surface area contributed by atoms with Gasteiger partial charge in [-0.15, -0.1) is 0 Å². The van der Waals surface area contributed by atoms with Crippen molar-refractivity contribution in [3.8, 4) is 0 Å². The summed E-state index contributed by atoms with van der Waals surface area (Å²) in [5.41, 5.74) is 0.811. The summed E-state index contributed by atoms with van der Waals surface area (Å²) in [4.78, 5) is 22.5. The van der Waals surface area contributed by atoms with E-state index < -0.39 is 5.97 Å². The van der Waals surface area contributed by atoms with E-state index in [0.717, 1.165) is 37.0 Å². The lowest BCUT2D eigenvalue weighted by atomic mass is 9.44. The molecule has 0 saturated heterocycles. The summed E-state index contributed by atoms with van der Waals surface area (Å²) in [7, 11) is 0. The quantitative estimate of drug-likeness (QED) is 0.550. The van der Waals surface area contributed by atoms with Crippen LogP contribution in [0.1, 0.15) is 98.3 Å². The first-order valence-electron chi connectivity index (χ1n) is 12.5. The Kier molecular flexibility index (Phi) is 6.00. The van der Waals surface area contributed by atoms with Crippen LogP contribution in [-0.2, 0) is 14.3 Å². The van der Waals surface area contributed by atoms with Gasteiger partial charge in [-0.25, -0.2) is 0 Å². The zero-order chi connectivity index (χ0) is 21.7. The monoisotopic (exact) mass is 418 g/mol. The van der Waals surface area contributed by atoms with E-state index in [1.165, 1.54) is 44.9 Å². The van der Waals surface area contributed by atoms with E-state index in [-0.39, 0.29) is 12.1 Å². The van der Waals surface area contributed by atoms with E-state index in [4.69, 9.17) is 9.84 Å². The average Bonchev–Trinajstić information content (AvgIpc) is 3.03. The number of carboxylic acid groups (broad SMARTS) is 1.